The topological polar surface area (TPSA) is 139 Å². The molecule has 0 unspecified atom stereocenters. The number of benzene rings is 1. The number of nitrogens with zero attached hydrogens (tertiary/aromatic N) is 4. The van der Waals surface area contributed by atoms with Crippen LogP contribution in [0.5, 0.6) is 0 Å². The number of nitrogens with one attached hydrogen (secondary N) is 1. The highest BCUT2D eigenvalue weighted by Crippen LogP contribution is 2.30. The number of fused-ring (bicyclic) bond motifs is 1. The molecule has 222 valence electrons. The Balaban J connectivity index is 1.85. The molecule has 3 N–H and O–H groups in total. The van der Waals surface area contributed by atoms with E-state index in [0.717, 1.165) is 10.2 Å². The molecular weight excluding hydrogens is 553 g/mol. The number of hydrogen-bond acceptors (Lipinski definition) is 7. The number of rotatable bonds is 8. The van der Waals surface area contributed by atoms with E-state index in [1.165, 1.54) is 41.2 Å². The van der Waals surface area contributed by atoms with Crippen molar-refractivity contribution in [1.82, 2.24) is 19.3 Å². The first kappa shape index (κ1) is 30.8. The molecule has 1 aromatic carbocycles. The van der Waals surface area contributed by atoms with Gasteiger partial charge >= 0.3 is 5.97 Å². The van der Waals surface area contributed by atoms with Crippen molar-refractivity contribution in [1.29, 1.82) is 0 Å². The molecule has 0 saturated heterocycles. The van der Waals surface area contributed by atoms with E-state index in [1.807, 2.05) is 20.8 Å². The molecule has 4 aromatic rings. The van der Waals surface area contributed by atoms with Crippen LogP contribution in [-0.4, -0.2) is 42.1 Å². The van der Waals surface area contributed by atoms with Crippen LogP contribution in [0.2, 0.25) is 0 Å². The number of aromatic carboxylic acids is 1. The third kappa shape index (κ3) is 6.07. The lowest BCUT2D eigenvalue weighted by atomic mass is 9.86. The number of halogens is 1. The number of hydrogen-bond donors (Lipinski definition) is 3. The van der Waals surface area contributed by atoms with Crippen LogP contribution < -0.4 is 16.4 Å². The van der Waals surface area contributed by atoms with Gasteiger partial charge in [-0.3, -0.25) is 9.59 Å². The summed E-state index contributed by atoms with van der Waals surface area (Å²) in [5, 5.41) is 27.1. The summed E-state index contributed by atoms with van der Waals surface area (Å²) in [5.41, 5.74) is 0.732. The summed E-state index contributed by atoms with van der Waals surface area (Å²) in [6.07, 6.45) is 7.18. The molecule has 0 radical (unpaired) electrons. The van der Waals surface area contributed by atoms with Crippen LogP contribution in [0, 0.1) is 5.82 Å². The van der Waals surface area contributed by atoms with Gasteiger partial charge in [-0.05, 0) is 59.9 Å². The van der Waals surface area contributed by atoms with Crippen molar-refractivity contribution in [3.63, 3.8) is 0 Å². The van der Waals surface area contributed by atoms with Gasteiger partial charge in [-0.1, -0.05) is 33.4 Å². The average Bonchev–Trinajstić information content (AvgIpc) is 2.95. The summed E-state index contributed by atoms with van der Waals surface area (Å²) < 4.78 is 17.6. The van der Waals surface area contributed by atoms with Crippen LogP contribution in [0.15, 0.2) is 82.8 Å². The van der Waals surface area contributed by atoms with Crippen molar-refractivity contribution >= 4 is 39.5 Å². The number of carboxylic acid groups (broad SMARTS) is 1. The highest BCUT2D eigenvalue weighted by Gasteiger charge is 2.21. The zero-order valence-electron chi connectivity index (χ0n) is 24.5. The van der Waals surface area contributed by atoms with E-state index in [4.69, 9.17) is 5.11 Å². The normalized spacial score (nSPS) is 12.7. The van der Waals surface area contributed by atoms with E-state index in [2.05, 4.69) is 22.0 Å². The molecule has 0 spiro atoms. The van der Waals surface area contributed by atoms with Crippen molar-refractivity contribution in [2.75, 3.05) is 11.9 Å². The minimum Gasteiger partial charge on any atom is -0.478 e. The number of carbonyl (C=O) groups is 1. The van der Waals surface area contributed by atoms with Crippen molar-refractivity contribution < 1.29 is 19.4 Å². The number of aryl methyl sites for hydroxylation is 1. The first-order valence-electron chi connectivity index (χ1n) is 13.3. The third-order valence-corrected chi connectivity index (χ3v) is 6.98. The van der Waals surface area contributed by atoms with Gasteiger partial charge in [0.05, 0.1) is 29.5 Å². The Hall–Kier alpha value is -5.16. The van der Waals surface area contributed by atoms with Crippen molar-refractivity contribution in [2.24, 2.45) is 7.05 Å². The molecule has 3 aromatic heterocycles. The van der Waals surface area contributed by atoms with E-state index in [0.29, 0.717) is 16.5 Å². The smallest absolute Gasteiger partial charge is 0.337 e. The summed E-state index contributed by atoms with van der Waals surface area (Å²) in [6, 6.07) is 7.42. The van der Waals surface area contributed by atoms with Gasteiger partial charge < -0.3 is 20.1 Å². The first-order valence-corrected chi connectivity index (χ1v) is 13.3. The van der Waals surface area contributed by atoms with Crippen LogP contribution in [-0.2, 0) is 12.5 Å². The summed E-state index contributed by atoms with van der Waals surface area (Å²) >= 11 is 0. The second kappa shape index (κ2) is 12.0. The highest BCUT2D eigenvalue weighted by molar-refractivity contribution is 5.90. The minimum absolute atomic E-state index is 0.00912. The van der Waals surface area contributed by atoms with E-state index >= 15 is 4.39 Å². The zero-order valence-corrected chi connectivity index (χ0v) is 24.5. The molecule has 11 heteroatoms. The van der Waals surface area contributed by atoms with Crippen LogP contribution in [0.4, 0.5) is 15.9 Å². The van der Waals surface area contributed by atoms with Gasteiger partial charge in [0.15, 0.2) is 0 Å². The molecule has 0 atom stereocenters. The fraction of sp³-hybridized carbons (Fsp3) is 0.219. The summed E-state index contributed by atoms with van der Waals surface area (Å²) in [5.74, 6) is -1.56. The van der Waals surface area contributed by atoms with Crippen LogP contribution in [0.1, 0.15) is 49.2 Å². The maximum atomic E-state index is 15.3. The molecule has 0 aliphatic rings. The monoisotopic (exact) mass is 585 g/mol. The SMILES string of the molecule is C=C/C(=C(CO)\C(=C/C)c1cc(Nc2ccc(C(=O)O)cn2)c(=O)n(C)c1)n1ncc2cc(C(C)(C)C)cc(F)c2c1=O. The molecule has 4 rings (SSSR count). The van der Waals surface area contributed by atoms with Gasteiger partial charge in [0.1, 0.15) is 17.3 Å². The molecule has 43 heavy (non-hydrogen) atoms. The van der Waals surface area contributed by atoms with E-state index in [1.54, 1.807) is 38.4 Å². The van der Waals surface area contributed by atoms with E-state index in [-0.39, 0.29) is 44.7 Å². The van der Waals surface area contributed by atoms with E-state index < -0.39 is 24.0 Å². The summed E-state index contributed by atoms with van der Waals surface area (Å²) in [7, 11) is 1.55. The summed E-state index contributed by atoms with van der Waals surface area (Å²) in [4.78, 5) is 41.7. The molecule has 0 fully saturated rings. The number of pyridine rings is 2. The quantitative estimate of drug-likeness (QED) is 0.249. The molecule has 0 bridgehead atoms. The lowest BCUT2D eigenvalue weighted by Crippen LogP contribution is -2.25. The summed E-state index contributed by atoms with van der Waals surface area (Å²) in [6.45, 7) is 10.8. The van der Waals surface area contributed by atoms with Crippen molar-refractivity contribution in [3.05, 3.63) is 116 Å². The maximum absolute atomic E-state index is 15.3. The number of aliphatic hydroxyl groups is 1. The van der Waals surface area contributed by atoms with E-state index in [9.17, 15) is 19.5 Å². The second-order valence-electron chi connectivity index (χ2n) is 10.9. The lowest BCUT2D eigenvalue weighted by molar-refractivity contribution is 0.0696. The van der Waals surface area contributed by atoms with Gasteiger partial charge in [0, 0.05) is 36.0 Å². The second-order valence-corrected chi connectivity index (χ2v) is 10.9. The predicted octanol–water partition coefficient (Wildman–Crippen LogP) is 4.86. The predicted molar refractivity (Wildman–Crippen MR) is 165 cm³/mol. The number of anilines is 2. The fourth-order valence-corrected chi connectivity index (χ4v) is 4.68. The molecular formula is C32H32FN5O5. The molecule has 0 saturated carbocycles. The number of carboxylic acids is 1. The first-order chi connectivity index (χ1) is 20.3. The average molecular weight is 586 g/mol. The molecule has 10 nitrogen and oxygen atoms in total. The Labute approximate surface area is 246 Å². The molecule has 0 amide bonds. The van der Waals surface area contributed by atoms with Crippen LogP contribution in [0.25, 0.3) is 22.0 Å². The third-order valence-electron chi connectivity index (χ3n) is 6.98. The Morgan fingerprint density at radius 2 is 1.84 bits per heavy atom. The van der Waals surface area contributed by atoms with Gasteiger partial charge in [0.25, 0.3) is 11.1 Å². The van der Waals surface area contributed by atoms with Crippen molar-refractivity contribution in [2.45, 2.75) is 33.1 Å². The Morgan fingerprint density at radius 3 is 2.40 bits per heavy atom. The number of allylic oxidation sites excluding steroid dienone is 3. The Bertz CT molecular complexity index is 1930. The Kier molecular flexibility index (Phi) is 8.58. The molecule has 0 aliphatic carbocycles. The van der Waals surface area contributed by atoms with Gasteiger partial charge in [0.2, 0.25) is 0 Å². The van der Waals surface area contributed by atoms with Gasteiger partial charge in [-0.25, -0.2) is 14.2 Å². The maximum Gasteiger partial charge on any atom is 0.337 e. The van der Waals surface area contributed by atoms with Crippen LogP contribution >= 0.6 is 0 Å². The number of aromatic nitrogens is 4. The lowest BCUT2D eigenvalue weighted by Gasteiger charge is -2.20. The Morgan fingerprint density at radius 1 is 1.12 bits per heavy atom. The molecule has 3 heterocycles. The largest absolute Gasteiger partial charge is 0.478 e. The standard InChI is InChI=1S/C32H32FN5O5/c1-7-22(20-12-25(29(40)37(6)16-20)36-27-10-9-18(14-34-27)31(42)43)23(17-39)26(8-2)38-30(41)28-19(15-35-38)11-21(13-24(28)33)32(3,4)5/h7-16,39H,2,17H2,1,3-6H3,(H,34,36)(H,42,43)/b22-7-,26-23+. The van der Waals surface area contributed by atoms with Crippen molar-refractivity contribution in [3.8, 4) is 0 Å². The van der Waals surface area contributed by atoms with Crippen LogP contribution in [0.3, 0.4) is 0 Å². The molecule has 0 aliphatic heterocycles. The van der Waals surface area contributed by atoms with Gasteiger partial charge in [-0.15, -0.1) is 0 Å². The minimum atomic E-state index is -1.13. The fourth-order valence-electron chi connectivity index (χ4n) is 4.68. The van der Waals surface area contributed by atoms with Gasteiger partial charge in [-0.2, -0.15) is 9.78 Å². The highest BCUT2D eigenvalue weighted by atomic mass is 19.1. The number of aliphatic hydroxyl groups excluding tert-OH is 1. The zero-order chi connectivity index (χ0) is 31.6.